The first kappa shape index (κ1) is 15.8. The van der Waals surface area contributed by atoms with Crippen LogP contribution in [-0.4, -0.2) is 47.0 Å². The molecule has 6 heteroatoms. The number of carbonyl (C=O) groups is 1. The predicted molar refractivity (Wildman–Crippen MR) is 84.9 cm³/mol. The zero-order chi connectivity index (χ0) is 16.2. The number of rotatable bonds is 5. The maximum Gasteiger partial charge on any atom is 0.222 e. The molecule has 0 bridgehead atoms. The van der Waals surface area contributed by atoms with Gasteiger partial charge in [-0.25, -0.2) is 0 Å². The van der Waals surface area contributed by atoms with Gasteiger partial charge in [-0.05, 0) is 32.4 Å². The quantitative estimate of drug-likeness (QED) is 0.845. The van der Waals surface area contributed by atoms with Crippen LogP contribution in [0, 0.1) is 13.8 Å². The Labute approximate surface area is 136 Å². The van der Waals surface area contributed by atoms with E-state index in [-0.39, 0.29) is 5.91 Å². The molecule has 2 aromatic heterocycles. The topological polar surface area (TPSA) is 62.7 Å². The fourth-order valence-electron chi connectivity index (χ4n) is 3.03. The lowest BCUT2D eigenvalue weighted by Crippen LogP contribution is -2.48. The Balaban J connectivity index is 1.45. The van der Waals surface area contributed by atoms with Gasteiger partial charge in [0, 0.05) is 38.2 Å². The monoisotopic (exact) mass is 317 g/mol. The summed E-state index contributed by atoms with van der Waals surface area (Å²) in [6, 6.07) is 3.89. The second-order valence-electron chi connectivity index (χ2n) is 6.04. The third kappa shape index (κ3) is 3.82. The minimum atomic E-state index is 0.211. The van der Waals surface area contributed by atoms with E-state index >= 15 is 0 Å². The molecule has 1 saturated heterocycles. The van der Waals surface area contributed by atoms with Crippen molar-refractivity contribution in [3.63, 3.8) is 0 Å². The summed E-state index contributed by atoms with van der Waals surface area (Å²) in [5.74, 6) is 2.00. The summed E-state index contributed by atoms with van der Waals surface area (Å²) in [6.45, 7) is 7.96. The third-order valence-electron chi connectivity index (χ3n) is 4.45. The van der Waals surface area contributed by atoms with Gasteiger partial charge in [0.15, 0.2) is 0 Å². The molecule has 0 aromatic carbocycles. The summed E-state index contributed by atoms with van der Waals surface area (Å²) in [5, 5.41) is 3.94. The van der Waals surface area contributed by atoms with Crippen molar-refractivity contribution in [2.24, 2.45) is 0 Å². The van der Waals surface area contributed by atoms with Gasteiger partial charge in [0.05, 0.1) is 18.5 Å². The lowest BCUT2D eigenvalue weighted by Gasteiger charge is -2.34. The molecule has 1 aliphatic rings. The van der Waals surface area contributed by atoms with Crippen LogP contribution in [0.4, 0.5) is 0 Å². The van der Waals surface area contributed by atoms with Crippen LogP contribution in [0.1, 0.15) is 29.2 Å². The van der Waals surface area contributed by atoms with E-state index in [9.17, 15) is 4.79 Å². The number of carbonyl (C=O) groups excluding carboxylic acids is 1. The normalized spacial score (nSPS) is 16.0. The zero-order valence-electron chi connectivity index (χ0n) is 13.7. The van der Waals surface area contributed by atoms with E-state index in [4.69, 9.17) is 8.94 Å². The molecule has 0 unspecified atom stereocenters. The number of piperazine rings is 1. The minimum absolute atomic E-state index is 0.211. The van der Waals surface area contributed by atoms with Crippen molar-refractivity contribution in [1.82, 2.24) is 15.0 Å². The molecular formula is C17H23N3O3. The van der Waals surface area contributed by atoms with E-state index in [1.165, 1.54) is 0 Å². The number of amides is 1. The van der Waals surface area contributed by atoms with Crippen molar-refractivity contribution in [2.75, 3.05) is 26.2 Å². The highest BCUT2D eigenvalue weighted by Crippen LogP contribution is 2.16. The van der Waals surface area contributed by atoms with Crippen LogP contribution < -0.4 is 0 Å². The van der Waals surface area contributed by atoms with Crippen LogP contribution in [0.2, 0.25) is 0 Å². The number of furan rings is 1. The molecule has 2 aromatic rings. The zero-order valence-corrected chi connectivity index (χ0v) is 13.7. The van der Waals surface area contributed by atoms with E-state index in [0.29, 0.717) is 12.8 Å². The SMILES string of the molecule is Cc1noc(C)c1CCC(=O)N1CCN(Cc2ccco2)CC1. The summed E-state index contributed by atoms with van der Waals surface area (Å²) < 4.78 is 10.5. The van der Waals surface area contributed by atoms with Gasteiger partial charge in [-0.3, -0.25) is 9.69 Å². The van der Waals surface area contributed by atoms with E-state index in [2.05, 4.69) is 10.1 Å². The standard InChI is InChI=1S/C17H23N3O3/c1-13-16(14(2)23-18-13)5-6-17(21)20-9-7-19(8-10-20)12-15-4-3-11-22-15/h3-4,11H,5-10,12H2,1-2H3. The van der Waals surface area contributed by atoms with Crippen LogP contribution in [0.25, 0.3) is 0 Å². The van der Waals surface area contributed by atoms with Crippen LogP contribution in [-0.2, 0) is 17.8 Å². The highest BCUT2D eigenvalue weighted by Gasteiger charge is 2.22. The Morgan fingerprint density at radius 1 is 1.26 bits per heavy atom. The smallest absolute Gasteiger partial charge is 0.222 e. The summed E-state index contributed by atoms with van der Waals surface area (Å²) in [7, 11) is 0. The van der Waals surface area contributed by atoms with Gasteiger partial charge in [-0.1, -0.05) is 5.16 Å². The number of hydrogen-bond acceptors (Lipinski definition) is 5. The van der Waals surface area contributed by atoms with E-state index in [1.54, 1.807) is 6.26 Å². The first-order valence-corrected chi connectivity index (χ1v) is 8.08. The molecular weight excluding hydrogens is 294 g/mol. The highest BCUT2D eigenvalue weighted by atomic mass is 16.5. The average Bonchev–Trinajstić information content (AvgIpc) is 3.17. The van der Waals surface area contributed by atoms with E-state index in [0.717, 1.165) is 55.5 Å². The summed E-state index contributed by atoms with van der Waals surface area (Å²) in [5.41, 5.74) is 1.95. The van der Waals surface area contributed by atoms with E-state index < -0.39 is 0 Å². The van der Waals surface area contributed by atoms with Crippen molar-refractivity contribution in [2.45, 2.75) is 33.2 Å². The molecule has 0 atom stereocenters. The molecule has 3 rings (SSSR count). The summed E-state index contributed by atoms with van der Waals surface area (Å²) in [6.07, 6.45) is 2.91. The molecule has 0 spiro atoms. The van der Waals surface area contributed by atoms with Gasteiger partial charge in [0.2, 0.25) is 5.91 Å². The second kappa shape index (κ2) is 7.00. The van der Waals surface area contributed by atoms with Gasteiger partial charge in [0.1, 0.15) is 11.5 Å². The number of hydrogen-bond donors (Lipinski definition) is 0. The first-order valence-electron chi connectivity index (χ1n) is 8.08. The van der Waals surface area contributed by atoms with Crippen molar-refractivity contribution >= 4 is 5.91 Å². The van der Waals surface area contributed by atoms with Gasteiger partial charge in [0.25, 0.3) is 0 Å². The van der Waals surface area contributed by atoms with Gasteiger partial charge >= 0.3 is 0 Å². The van der Waals surface area contributed by atoms with Crippen molar-refractivity contribution in [3.8, 4) is 0 Å². The maximum absolute atomic E-state index is 12.4. The van der Waals surface area contributed by atoms with Crippen LogP contribution in [0.3, 0.4) is 0 Å². The molecule has 0 aliphatic carbocycles. The Kier molecular flexibility index (Phi) is 4.81. The Morgan fingerprint density at radius 3 is 2.65 bits per heavy atom. The van der Waals surface area contributed by atoms with Gasteiger partial charge < -0.3 is 13.8 Å². The van der Waals surface area contributed by atoms with Crippen molar-refractivity contribution in [1.29, 1.82) is 0 Å². The molecule has 1 fully saturated rings. The second-order valence-corrected chi connectivity index (χ2v) is 6.04. The lowest BCUT2D eigenvalue weighted by atomic mass is 10.1. The van der Waals surface area contributed by atoms with E-state index in [1.807, 2.05) is 30.9 Å². The average molecular weight is 317 g/mol. The Morgan fingerprint density at radius 2 is 2.04 bits per heavy atom. The molecule has 0 N–H and O–H groups in total. The van der Waals surface area contributed by atoms with Gasteiger partial charge in [-0.15, -0.1) is 0 Å². The minimum Gasteiger partial charge on any atom is -0.468 e. The Bertz CT molecular complexity index is 621. The fraction of sp³-hybridized carbons (Fsp3) is 0.529. The van der Waals surface area contributed by atoms with Crippen LogP contribution in [0.15, 0.2) is 27.3 Å². The van der Waals surface area contributed by atoms with Crippen LogP contribution >= 0.6 is 0 Å². The first-order chi connectivity index (χ1) is 11.1. The Hall–Kier alpha value is -2.08. The molecule has 1 aliphatic heterocycles. The largest absolute Gasteiger partial charge is 0.468 e. The number of aromatic nitrogens is 1. The summed E-state index contributed by atoms with van der Waals surface area (Å²) >= 11 is 0. The molecule has 3 heterocycles. The fourth-order valence-corrected chi connectivity index (χ4v) is 3.03. The maximum atomic E-state index is 12.4. The molecule has 6 nitrogen and oxygen atoms in total. The number of aryl methyl sites for hydroxylation is 2. The van der Waals surface area contributed by atoms with Crippen LogP contribution in [0.5, 0.6) is 0 Å². The number of nitrogens with zero attached hydrogens (tertiary/aromatic N) is 3. The van der Waals surface area contributed by atoms with Crippen molar-refractivity contribution < 1.29 is 13.7 Å². The van der Waals surface area contributed by atoms with Crippen molar-refractivity contribution in [3.05, 3.63) is 41.2 Å². The highest BCUT2D eigenvalue weighted by molar-refractivity contribution is 5.76. The van der Waals surface area contributed by atoms with Gasteiger partial charge in [-0.2, -0.15) is 0 Å². The molecule has 23 heavy (non-hydrogen) atoms. The molecule has 0 saturated carbocycles. The molecule has 124 valence electrons. The predicted octanol–water partition coefficient (Wildman–Crippen LogP) is 2.16. The third-order valence-corrected chi connectivity index (χ3v) is 4.45. The molecule has 1 amide bonds. The lowest BCUT2D eigenvalue weighted by molar-refractivity contribution is -0.133. The summed E-state index contributed by atoms with van der Waals surface area (Å²) in [4.78, 5) is 16.6. The molecule has 0 radical (unpaired) electrons.